The van der Waals surface area contributed by atoms with Crippen molar-refractivity contribution in [3.8, 4) is 11.1 Å². The molecule has 1 unspecified atom stereocenters. The lowest BCUT2D eigenvalue weighted by molar-refractivity contribution is -0.143. The van der Waals surface area contributed by atoms with E-state index in [1.807, 2.05) is 30.3 Å². The van der Waals surface area contributed by atoms with Gasteiger partial charge in [-0.05, 0) is 30.0 Å². The summed E-state index contributed by atoms with van der Waals surface area (Å²) in [5.41, 5.74) is 8.03. The van der Waals surface area contributed by atoms with Gasteiger partial charge in [0.15, 0.2) is 0 Å². The first kappa shape index (κ1) is 17.0. The molecule has 1 saturated carbocycles. The van der Waals surface area contributed by atoms with E-state index in [-0.39, 0.29) is 18.3 Å². The van der Waals surface area contributed by atoms with Gasteiger partial charge < -0.3 is 15.8 Å². The number of carbonyl (C=O) groups excluding carboxylic acids is 2. The van der Waals surface area contributed by atoms with E-state index in [1.54, 1.807) is 6.92 Å². The monoisotopic (exact) mass is 338 g/mol. The van der Waals surface area contributed by atoms with Crippen LogP contribution in [-0.2, 0) is 9.53 Å². The van der Waals surface area contributed by atoms with E-state index in [4.69, 9.17) is 10.5 Å². The Labute approximate surface area is 147 Å². The first-order chi connectivity index (χ1) is 12.0. The second-order valence-electron chi connectivity index (χ2n) is 6.37. The van der Waals surface area contributed by atoms with Crippen molar-refractivity contribution in [3.63, 3.8) is 0 Å². The molecule has 0 saturated heterocycles. The number of hydrogen-bond acceptors (Lipinski definition) is 3. The lowest BCUT2D eigenvalue weighted by Gasteiger charge is -2.17. The molecule has 2 amide bonds. The van der Waals surface area contributed by atoms with Gasteiger partial charge in [0, 0.05) is 5.92 Å². The smallest absolute Gasteiger partial charge is 0.312 e. The number of ether oxygens (including phenoxy) is 1. The summed E-state index contributed by atoms with van der Waals surface area (Å²) in [5.74, 6) is -0.256. The van der Waals surface area contributed by atoms with Gasteiger partial charge in [-0.15, -0.1) is 0 Å². The minimum atomic E-state index is -0.633. The molecule has 3 N–H and O–H groups in total. The number of amides is 2. The minimum Gasteiger partial charge on any atom is -0.466 e. The van der Waals surface area contributed by atoms with Crippen LogP contribution in [0.15, 0.2) is 54.6 Å². The summed E-state index contributed by atoms with van der Waals surface area (Å²) >= 11 is 0. The molecule has 2 atom stereocenters. The fourth-order valence-corrected chi connectivity index (χ4v) is 3.37. The molecule has 1 aliphatic carbocycles. The molecule has 0 aliphatic heterocycles. The molecular formula is C20H22N2O3. The lowest BCUT2D eigenvalue weighted by Crippen LogP contribution is -2.43. The van der Waals surface area contributed by atoms with Gasteiger partial charge in [-0.1, -0.05) is 54.6 Å². The third-order valence-electron chi connectivity index (χ3n) is 4.63. The predicted molar refractivity (Wildman–Crippen MR) is 95.9 cm³/mol. The fraction of sp³-hybridized carbons (Fsp3) is 0.300. The van der Waals surface area contributed by atoms with Gasteiger partial charge in [0.05, 0.1) is 18.6 Å². The summed E-state index contributed by atoms with van der Waals surface area (Å²) in [4.78, 5) is 23.3. The van der Waals surface area contributed by atoms with E-state index in [2.05, 4.69) is 29.6 Å². The van der Waals surface area contributed by atoms with Gasteiger partial charge >= 0.3 is 12.0 Å². The molecule has 0 spiro atoms. The van der Waals surface area contributed by atoms with Gasteiger partial charge in [0.25, 0.3) is 0 Å². The quantitative estimate of drug-likeness (QED) is 0.794. The van der Waals surface area contributed by atoms with Crippen molar-refractivity contribution >= 4 is 12.0 Å². The highest BCUT2D eigenvalue weighted by atomic mass is 16.5. The summed E-state index contributed by atoms with van der Waals surface area (Å²) < 4.78 is 5.03. The number of rotatable bonds is 6. The number of esters is 1. The second kappa shape index (κ2) is 6.97. The van der Waals surface area contributed by atoms with Crippen LogP contribution in [0.2, 0.25) is 0 Å². The average molecular weight is 338 g/mol. The van der Waals surface area contributed by atoms with Crippen molar-refractivity contribution in [2.75, 3.05) is 6.61 Å². The van der Waals surface area contributed by atoms with Crippen molar-refractivity contribution in [1.29, 1.82) is 0 Å². The number of urea groups is 1. The number of nitrogens with two attached hydrogens (primary N) is 1. The van der Waals surface area contributed by atoms with Crippen molar-refractivity contribution in [1.82, 2.24) is 5.32 Å². The van der Waals surface area contributed by atoms with E-state index in [9.17, 15) is 9.59 Å². The highest BCUT2D eigenvalue weighted by Gasteiger charge is 2.57. The molecule has 130 valence electrons. The Balaban J connectivity index is 1.77. The Morgan fingerprint density at radius 1 is 1.12 bits per heavy atom. The van der Waals surface area contributed by atoms with Gasteiger partial charge in [-0.2, -0.15) is 0 Å². The highest BCUT2D eigenvalue weighted by molar-refractivity contribution is 5.78. The van der Waals surface area contributed by atoms with Gasteiger partial charge in [0.1, 0.15) is 0 Å². The van der Waals surface area contributed by atoms with Crippen molar-refractivity contribution in [3.05, 3.63) is 60.2 Å². The molecule has 0 aromatic heterocycles. The number of nitrogens with one attached hydrogen (secondary N) is 1. The van der Waals surface area contributed by atoms with Crippen LogP contribution in [0.1, 0.15) is 31.2 Å². The summed E-state index contributed by atoms with van der Waals surface area (Å²) in [6, 6.07) is 17.7. The maximum absolute atomic E-state index is 11.9. The van der Waals surface area contributed by atoms with E-state index < -0.39 is 11.6 Å². The van der Waals surface area contributed by atoms with E-state index in [1.165, 1.54) is 0 Å². The molecule has 1 fully saturated rings. The fourth-order valence-electron chi connectivity index (χ4n) is 3.37. The maximum atomic E-state index is 11.9. The Morgan fingerprint density at radius 3 is 2.36 bits per heavy atom. The highest BCUT2D eigenvalue weighted by Crippen LogP contribution is 2.53. The Hall–Kier alpha value is -2.82. The van der Waals surface area contributed by atoms with Crippen molar-refractivity contribution < 1.29 is 14.3 Å². The molecule has 3 rings (SSSR count). The summed E-state index contributed by atoms with van der Waals surface area (Å²) in [6.07, 6.45) is 0.814. The molecule has 5 nitrogen and oxygen atoms in total. The van der Waals surface area contributed by atoms with Crippen LogP contribution < -0.4 is 11.1 Å². The zero-order valence-electron chi connectivity index (χ0n) is 14.2. The predicted octanol–water partition coefficient (Wildman–Crippen LogP) is 3.20. The number of benzene rings is 2. The first-order valence-corrected chi connectivity index (χ1v) is 8.43. The second-order valence-corrected chi connectivity index (χ2v) is 6.37. The molecule has 0 heterocycles. The number of primary amides is 1. The minimum absolute atomic E-state index is 0.0641. The van der Waals surface area contributed by atoms with Crippen LogP contribution >= 0.6 is 0 Å². The van der Waals surface area contributed by atoms with Crippen LogP contribution in [-0.4, -0.2) is 24.1 Å². The molecule has 2 aromatic carbocycles. The third kappa shape index (κ3) is 3.82. The largest absolute Gasteiger partial charge is 0.466 e. The average Bonchev–Trinajstić information content (AvgIpc) is 3.28. The van der Waals surface area contributed by atoms with Gasteiger partial charge in [0.2, 0.25) is 0 Å². The van der Waals surface area contributed by atoms with Crippen LogP contribution in [0.3, 0.4) is 0 Å². The molecular weight excluding hydrogens is 316 g/mol. The van der Waals surface area contributed by atoms with Crippen LogP contribution in [0.5, 0.6) is 0 Å². The maximum Gasteiger partial charge on any atom is 0.312 e. The topological polar surface area (TPSA) is 81.4 Å². The Bertz CT molecular complexity index is 758. The number of hydrogen-bond donors (Lipinski definition) is 2. The van der Waals surface area contributed by atoms with Crippen molar-refractivity contribution in [2.24, 2.45) is 5.73 Å². The van der Waals surface area contributed by atoms with Crippen LogP contribution in [0.25, 0.3) is 11.1 Å². The molecule has 25 heavy (non-hydrogen) atoms. The standard InChI is InChI=1S/C20H22N2O3/c1-2-25-18(23)13-20(22-19(21)24)12-17(20)16-10-8-15(9-11-16)14-6-4-3-5-7-14/h3-11,17H,2,12-13H2,1H3,(H3,21,22,24)/t17-,20?/m0/s1. The number of carbonyl (C=O) groups is 2. The zero-order valence-corrected chi connectivity index (χ0v) is 14.2. The molecule has 2 aromatic rings. The molecule has 5 heteroatoms. The summed E-state index contributed by atoms with van der Waals surface area (Å²) in [6.45, 7) is 2.08. The first-order valence-electron chi connectivity index (χ1n) is 8.43. The third-order valence-corrected chi connectivity index (χ3v) is 4.63. The van der Waals surface area contributed by atoms with Crippen LogP contribution in [0.4, 0.5) is 4.79 Å². The van der Waals surface area contributed by atoms with E-state index in [0.29, 0.717) is 13.0 Å². The lowest BCUT2D eigenvalue weighted by atomic mass is 9.99. The normalized spacial score (nSPS) is 21.4. The van der Waals surface area contributed by atoms with E-state index in [0.717, 1.165) is 16.7 Å². The van der Waals surface area contributed by atoms with Gasteiger partial charge in [-0.25, -0.2) is 4.79 Å². The molecule has 0 bridgehead atoms. The van der Waals surface area contributed by atoms with Crippen LogP contribution in [0, 0.1) is 0 Å². The summed E-state index contributed by atoms with van der Waals surface area (Å²) in [5, 5.41) is 2.75. The van der Waals surface area contributed by atoms with E-state index >= 15 is 0 Å². The Kier molecular flexibility index (Phi) is 4.74. The zero-order chi connectivity index (χ0) is 17.9. The SMILES string of the molecule is CCOC(=O)CC1(NC(N)=O)C[C@H]1c1ccc(-c2ccccc2)cc1. The Morgan fingerprint density at radius 2 is 1.76 bits per heavy atom. The summed E-state index contributed by atoms with van der Waals surface area (Å²) in [7, 11) is 0. The van der Waals surface area contributed by atoms with Crippen molar-refractivity contribution in [2.45, 2.75) is 31.2 Å². The molecule has 1 aliphatic rings. The molecule has 0 radical (unpaired) electrons. The van der Waals surface area contributed by atoms with Gasteiger partial charge in [-0.3, -0.25) is 4.79 Å².